The molecule has 0 aliphatic rings. The van der Waals surface area contributed by atoms with Crippen molar-refractivity contribution in [1.29, 1.82) is 0 Å². The molecule has 2 aromatic rings. The molecule has 19 heavy (non-hydrogen) atoms. The predicted octanol–water partition coefficient (Wildman–Crippen LogP) is 2.15. The summed E-state index contributed by atoms with van der Waals surface area (Å²) in [6.07, 6.45) is 0.678. The molecule has 0 fully saturated rings. The van der Waals surface area contributed by atoms with Crippen LogP contribution in [0.4, 0.5) is 5.82 Å². The van der Waals surface area contributed by atoms with E-state index in [0.29, 0.717) is 24.3 Å². The smallest absolute Gasteiger partial charge is 0.374 e. The molecule has 0 atom stereocenters. The molecule has 0 amide bonds. The summed E-state index contributed by atoms with van der Waals surface area (Å²) < 4.78 is 0. The number of aromatic nitrogens is 2. The van der Waals surface area contributed by atoms with Gasteiger partial charge in [0.15, 0.2) is 0 Å². The quantitative estimate of drug-likeness (QED) is 0.646. The van der Waals surface area contributed by atoms with Crippen LogP contribution in [0.15, 0.2) is 24.3 Å². The number of carboxylic acid groups (broad SMARTS) is 1. The van der Waals surface area contributed by atoms with E-state index in [9.17, 15) is 4.79 Å². The van der Waals surface area contributed by atoms with Gasteiger partial charge in [-0.25, -0.2) is 14.8 Å². The molecule has 2 rings (SSSR count). The van der Waals surface area contributed by atoms with Gasteiger partial charge in [0, 0.05) is 18.4 Å². The Hall–Kier alpha value is -2.61. The van der Waals surface area contributed by atoms with Gasteiger partial charge in [0.05, 0.1) is 5.52 Å². The van der Waals surface area contributed by atoms with Gasteiger partial charge in [-0.3, -0.25) is 0 Å². The van der Waals surface area contributed by atoms with Gasteiger partial charge in [0.25, 0.3) is 0 Å². The van der Waals surface area contributed by atoms with Gasteiger partial charge in [-0.2, -0.15) is 0 Å². The fourth-order valence-electron chi connectivity index (χ4n) is 1.68. The van der Waals surface area contributed by atoms with Gasteiger partial charge >= 0.3 is 5.97 Å². The normalized spacial score (nSPS) is 9.74. The SMILES string of the molecule is CC#CCCNc1nc(C(=O)O)nc2ccccc12. The van der Waals surface area contributed by atoms with E-state index in [1.54, 1.807) is 13.0 Å². The van der Waals surface area contributed by atoms with E-state index in [1.165, 1.54) is 0 Å². The number of carbonyl (C=O) groups is 1. The van der Waals surface area contributed by atoms with Crippen LogP contribution in [0.5, 0.6) is 0 Å². The first-order valence-corrected chi connectivity index (χ1v) is 5.86. The number of anilines is 1. The first-order chi connectivity index (χ1) is 9.22. The molecule has 0 saturated heterocycles. The lowest BCUT2D eigenvalue weighted by atomic mass is 10.2. The summed E-state index contributed by atoms with van der Waals surface area (Å²) in [4.78, 5) is 19.0. The third-order valence-corrected chi connectivity index (χ3v) is 2.51. The number of nitrogens with zero attached hydrogens (tertiary/aromatic N) is 2. The number of rotatable bonds is 4. The van der Waals surface area contributed by atoms with Gasteiger partial charge in [-0.05, 0) is 19.1 Å². The number of benzene rings is 1. The van der Waals surface area contributed by atoms with Crippen molar-refractivity contribution in [3.05, 3.63) is 30.1 Å². The van der Waals surface area contributed by atoms with E-state index in [0.717, 1.165) is 5.39 Å². The molecule has 96 valence electrons. The van der Waals surface area contributed by atoms with E-state index in [-0.39, 0.29) is 5.82 Å². The summed E-state index contributed by atoms with van der Waals surface area (Å²) in [5.74, 6) is 4.92. The molecular formula is C14H13N3O2. The molecule has 0 radical (unpaired) electrons. The Morgan fingerprint density at radius 1 is 1.37 bits per heavy atom. The molecule has 1 aromatic heterocycles. The number of hydrogen-bond acceptors (Lipinski definition) is 4. The molecule has 5 heteroatoms. The predicted molar refractivity (Wildman–Crippen MR) is 73.1 cm³/mol. The topological polar surface area (TPSA) is 75.1 Å². The van der Waals surface area contributed by atoms with Crippen molar-refractivity contribution < 1.29 is 9.90 Å². The standard InChI is InChI=1S/C14H13N3O2/c1-2-3-6-9-15-12-10-7-4-5-8-11(10)16-13(17-12)14(18)19/h4-5,7-8H,6,9H2,1H3,(H,18,19)(H,15,16,17). The third kappa shape index (κ3) is 2.99. The highest BCUT2D eigenvalue weighted by molar-refractivity contribution is 5.93. The largest absolute Gasteiger partial charge is 0.475 e. The highest BCUT2D eigenvalue weighted by Gasteiger charge is 2.11. The number of aromatic carboxylic acids is 1. The van der Waals surface area contributed by atoms with Gasteiger partial charge in [-0.1, -0.05) is 12.1 Å². The molecule has 1 heterocycles. The fraction of sp³-hybridized carbons (Fsp3) is 0.214. The minimum atomic E-state index is -1.14. The highest BCUT2D eigenvalue weighted by Crippen LogP contribution is 2.19. The molecular weight excluding hydrogens is 242 g/mol. The molecule has 2 N–H and O–H groups in total. The zero-order valence-electron chi connectivity index (χ0n) is 10.5. The van der Waals surface area contributed by atoms with Crippen LogP contribution in [-0.2, 0) is 0 Å². The van der Waals surface area contributed by atoms with Crippen LogP contribution in [0.25, 0.3) is 10.9 Å². The highest BCUT2D eigenvalue weighted by atomic mass is 16.4. The second kappa shape index (κ2) is 5.83. The zero-order chi connectivity index (χ0) is 13.7. The summed E-state index contributed by atoms with van der Waals surface area (Å²) >= 11 is 0. The lowest BCUT2D eigenvalue weighted by Crippen LogP contribution is -2.10. The monoisotopic (exact) mass is 255 g/mol. The van der Waals surface area contributed by atoms with Crippen LogP contribution in [-0.4, -0.2) is 27.6 Å². The van der Waals surface area contributed by atoms with Crippen molar-refractivity contribution >= 4 is 22.7 Å². The van der Waals surface area contributed by atoms with Crippen molar-refractivity contribution in [2.45, 2.75) is 13.3 Å². The van der Waals surface area contributed by atoms with Crippen molar-refractivity contribution in [3.8, 4) is 11.8 Å². The first-order valence-electron chi connectivity index (χ1n) is 5.86. The number of hydrogen-bond donors (Lipinski definition) is 2. The summed E-state index contributed by atoms with van der Waals surface area (Å²) in [6, 6.07) is 7.30. The Bertz CT molecular complexity index is 671. The summed E-state index contributed by atoms with van der Waals surface area (Å²) in [5.41, 5.74) is 0.610. The molecule has 0 aliphatic heterocycles. The van der Waals surface area contributed by atoms with E-state index in [4.69, 9.17) is 5.11 Å². The summed E-state index contributed by atoms with van der Waals surface area (Å²) in [5, 5.41) is 12.9. The van der Waals surface area contributed by atoms with Gasteiger partial charge in [-0.15, -0.1) is 11.8 Å². The first kappa shape index (κ1) is 12.8. The molecule has 5 nitrogen and oxygen atoms in total. The minimum Gasteiger partial charge on any atom is -0.475 e. The minimum absolute atomic E-state index is 0.206. The van der Waals surface area contributed by atoms with Crippen LogP contribution in [0.2, 0.25) is 0 Å². The number of carboxylic acids is 1. The lowest BCUT2D eigenvalue weighted by molar-refractivity contribution is 0.0684. The van der Waals surface area contributed by atoms with Gasteiger partial charge < -0.3 is 10.4 Å². The van der Waals surface area contributed by atoms with Gasteiger partial charge in [0.2, 0.25) is 5.82 Å². The number of nitrogens with one attached hydrogen (secondary N) is 1. The Labute approximate surface area is 110 Å². The average molecular weight is 255 g/mol. The molecule has 0 aliphatic carbocycles. The zero-order valence-corrected chi connectivity index (χ0v) is 10.5. The third-order valence-electron chi connectivity index (χ3n) is 2.51. The Balaban J connectivity index is 2.37. The van der Waals surface area contributed by atoms with Crippen LogP contribution in [0.1, 0.15) is 24.0 Å². The number of para-hydroxylation sites is 1. The van der Waals surface area contributed by atoms with Crippen molar-refractivity contribution in [3.63, 3.8) is 0 Å². The van der Waals surface area contributed by atoms with Gasteiger partial charge in [0.1, 0.15) is 5.82 Å². The van der Waals surface area contributed by atoms with Crippen LogP contribution >= 0.6 is 0 Å². The van der Waals surface area contributed by atoms with E-state index in [2.05, 4.69) is 27.1 Å². The molecule has 0 bridgehead atoms. The Morgan fingerprint density at radius 2 is 2.16 bits per heavy atom. The van der Waals surface area contributed by atoms with E-state index in [1.807, 2.05) is 18.2 Å². The maximum absolute atomic E-state index is 11.0. The maximum Gasteiger partial charge on any atom is 0.374 e. The van der Waals surface area contributed by atoms with E-state index >= 15 is 0 Å². The van der Waals surface area contributed by atoms with Crippen LogP contribution < -0.4 is 5.32 Å². The molecule has 0 saturated carbocycles. The fourth-order valence-corrected chi connectivity index (χ4v) is 1.68. The van der Waals surface area contributed by atoms with Crippen LogP contribution in [0, 0.1) is 11.8 Å². The Kier molecular flexibility index (Phi) is 3.94. The second-order valence-corrected chi connectivity index (χ2v) is 3.82. The second-order valence-electron chi connectivity index (χ2n) is 3.82. The average Bonchev–Trinajstić information content (AvgIpc) is 2.43. The number of fused-ring (bicyclic) bond motifs is 1. The van der Waals surface area contributed by atoms with Crippen molar-refractivity contribution in [2.75, 3.05) is 11.9 Å². The van der Waals surface area contributed by atoms with Crippen molar-refractivity contribution in [2.24, 2.45) is 0 Å². The van der Waals surface area contributed by atoms with E-state index < -0.39 is 5.97 Å². The van der Waals surface area contributed by atoms with Crippen molar-refractivity contribution in [1.82, 2.24) is 9.97 Å². The molecule has 1 aromatic carbocycles. The maximum atomic E-state index is 11.0. The van der Waals surface area contributed by atoms with Crippen LogP contribution in [0.3, 0.4) is 0 Å². The Morgan fingerprint density at radius 3 is 2.89 bits per heavy atom. The summed E-state index contributed by atoms with van der Waals surface area (Å²) in [7, 11) is 0. The summed E-state index contributed by atoms with van der Waals surface area (Å²) in [6.45, 7) is 2.39. The molecule has 0 spiro atoms. The lowest BCUT2D eigenvalue weighted by Gasteiger charge is -2.08. The molecule has 0 unspecified atom stereocenters.